The van der Waals surface area contributed by atoms with E-state index in [4.69, 9.17) is 0 Å². The fourth-order valence-corrected chi connectivity index (χ4v) is 4.93. The molecule has 1 fully saturated rings. The van der Waals surface area contributed by atoms with Gasteiger partial charge in [-0.15, -0.1) is 0 Å². The molecule has 0 bridgehead atoms. The van der Waals surface area contributed by atoms with Crippen LogP contribution >= 0.6 is 11.3 Å². The van der Waals surface area contributed by atoms with E-state index in [1.807, 2.05) is 30.3 Å². The third kappa shape index (κ3) is 3.88. The van der Waals surface area contributed by atoms with E-state index in [1.165, 1.54) is 35.6 Å². The summed E-state index contributed by atoms with van der Waals surface area (Å²) in [6.45, 7) is 0.998. The van der Waals surface area contributed by atoms with E-state index in [-0.39, 0.29) is 23.5 Å². The number of carbonyl (C=O) groups is 2. The highest BCUT2D eigenvalue weighted by Gasteiger charge is 2.28. The van der Waals surface area contributed by atoms with E-state index in [0.29, 0.717) is 36.6 Å². The van der Waals surface area contributed by atoms with Gasteiger partial charge in [0, 0.05) is 30.0 Å². The van der Waals surface area contributed by atoms with E-state index in [9.17, 15) is 14.0 Å². The molecule has 0 spiro atoms. The van der Waals surface area contributed by atoms with Crippen LogP contribution in [-0.4, -0.2) is 34.8 Å². The Kier molecular flexibility index (Phi) is 5.11. The topological polar surface area (TPSA) is 62.3 Å². The van der Waals surface area contributed by atoms with Gasteiger partial charge in [-0.1, -0.05) is 41.7 Å². The zero-order chi connectivity index (χ0) is 21.4. The summed E-state index contributed by atoms with van der Waals surface area (Å²) < 4.78 is 14.1. The molecule has 0 unspecified atom stereocenters. The molecule has 1 aliphatic rings. The number of halogens is 1. The standard InChI is InChI=1S/C24H20FN3O2S/c25-18-8-5-17(6-9-18)23(30)28-13-11-16(12-14-28)22(29)27-24-26-21-19-4-2-1-3-15(19)7-10-20(21)31-24/h1-10,16H,11-14H2,(H,26,27,29). The van der Waals surface area contributed by atoms with Crippen LogP contribution in [0.5, 0.6) is 0 Å². The number of anilines is 1. The van der Waals surface area contributed by atoms with E-state index < -0.39 is 0 Å². The zero-order valence-electron chi connectivity index (χ0n) is 16.7. The number of thiazole rings is 1. The number of rotatable bonds is 3. The highest BCUT2D eigenvalue weighted by Crippen LogP contribution is 2.32. The van der Waals surface area contributed by atoms with Crippen molar-refractivity contribution in [2.45, 2.75) is 12.8 Å². The average molecular weight is 434 g/mol. The van der Waals surface area contributed by atoms with Crippen molar-refractivity contribution in [2.75, 3.05) is 18.4 Å². The maximum Gasteiger partial charge on any atom is 0.253 e. The summed E-state index contributed by atoms with van der Waals surface area (Å²) in [7, 11) is 0. The van der Waals surface area contributed by atoms with Crippen LogP contribution in [0.1, 0.15) is 23.2 Å². The molecule has 1 aromatic heterocycles. The molecule has 5 rings (SSSR count). The molecule has 2 heterocycles. The van der Waals surface area contributed by atoms with E-state index >= 15 is 0 Å². The molecular formula is C24H20FN3O2S. The number of likely N-dealkylation sites (tertiary alicyclic amines) is 1. The molecular weight excluding hydrogens is 413 g/mol. The van der Waals surface area contributed by atoms with E-state index in [0.717, 1.165) is 21.0 Å². The number of benzene rings is 3. The lowest BCUT2D eigenvalue weighted by Gasteiger charge is -2.31. The van der Waals surface area contributed by atoms with Crippen LogP contribution < -0.4 is 5.32 Å². The smallest absolute Gasteiger partial charge is 0.253 e. The molecule has 1 saturated heterocycles. The van der Waals surface area contributed by atoms with Crippen molar-refractivity contribution in [3.63, 3.8) is 0 Å². The van der Waals surface area contributed by atoms with Gasteiger partial charge in [0.25, 0.3) is 5.91 Å². The van der Waals surface area contributed by atoms with E-state index in [2.05, 4.69) is 16.4 Å². The first-order valence-electron chi connectivity index (χ1n) is 10.2. The lowest BCUT2D eigenvalue weighted by molar-refractivity contribution is -0.121. The van der Waals surface area contributed by atoms with Crippen LogP contribution in [0.2, 0.25) is 0 Å². The van der Waals surface area contributed by atoms with Gasteiger partial charge in [-0.2, -0.15) is 0 Å². The molecule has 5 nitrogen and oxygen atoms in total. The monoisotopic (exact) mass is 433 g/mol. The van der Waals surface area contributed by atoms with Gasteiger partial charge in [-0.05, 0) is 48.6 Å². The van der Waals surface area contributed by atoms with Gasteiger partial charge in [0.2, 0.25) is 5.91 Å². The summed E-state index contributed by atoms with van der Waals surface area (Å²) in [6, 6.07) is 17.7. The van der Waals surface area contributed by atoms with Crippen molar-refractivity contribution in [3.05, 3.63) is 72.0 Å². The highest BCUT2D eigenvalue weighted by molar-refractivity contribution is 7.22. The lowest BCUT2D eigenvalue weighted by Crippen LogP contribution is -2.41. The van der Waals surface area contributed by atoms with Crippen molar-refractivity contribution in [2.24, 2.45) is 5.92 Å². The number of hydrogen-bond acceptors (Lipinski definition) is 4. The van der Waals surface area contributed by atoms with Gasteiger partial charge in [-0.3, -0.25) is 9.59 Å². The summed E-state index contributed by atoms with van der Waals surface area (Å²) in [5, 5.41) is 5.76. The lowest BCUT2D eigenvalue weighted by atomic mass is 9.95. The van der Waals surface area contributed by atoms with E-state index in [1.54, 1.807) is 4.90 Å². The number of piperidine rings is 1. The summed E-state index contributed by atoms with van der Waals surface area (Å²) in [6.07, 6.45) is 1.18. The third-order valence-electron chi connectivity index (χ3n) is 5.76. The van der Waals surface area contributed by atoms with Crippen LogP contribution in [-0.2, 0) is 4.79 Å². The maximum atomic E-state index is 13.1. The predicted molar refractivity (Wildman–Crippen MR) is 121 cm³/mol. The second-order valence-electron chi connectivity index (χ2n) is 7.72. The fourth-order valence-electron chi connectivity index (χ4n) is 4.04. The number of nitrogens with zero attached hydrogens (tertiary/aromatic N) is 2. The van der Waals surface area contributed by atoms with Crippen LogP contribution in [0.15, 0.2) is 60.7 Å². The molecule has 156 valence electrons. The first kappa shape index (κ1) is 19.6. The fraction of sp³-hybridized carbons (Fsp3) is 0.208. The predicted octanol–water partition coefficient (Wildman–Crippen LogP) is 5.08. The molecule has 4 aromatic rings. The van der Waals surface area contributed by atoms with Crippen LogP contribution in [0.4, 0.5) is 9.52 Å². The third-order valence-corrected chi connectivity index (χ3v) is 6.69. The molecule has 2 amide bonds. The highest BCUT2D eigenvalue weighted by atomic mass is 32.1. The van der Waals surface area contributed by atoms with Crippen molar-refractivity contribution < 1.29 is 14.0 Å². The Balaban J connectivity index is 1.24. The molecule has 3 aromatic carbocycles. The molecule has 0 saturated carbocycles. The maximum absolute atomic E-state index is 13.1. The quantitative estimate of drug-likeness (QED) is 0.490. The molecule has 1 aliphatic heterocycles. The van der Waals surface area contributed by atoms with Gasteiger partial charge >= 0.3 is 0 Å². The number of nitrogens with one attached hydrogen (secondary N) is 1. The summed E-state index contributed by atoms with van der Waals surface area (Å²) in [4.78, 5) is 31.8. The van der Waals surface area contributed by atoms with Crippen molar-refractivity contribution in [1.82, 2.24) is 9.88 Å². The minimum atomic E-state index is -0.366. The summed E-state index contributed by atoms with van der Waals surface area (Å²) in [5.41, 5.74) is 1.36. The summed E-state index contributed by atoms with van der Waals surface area (Å²) in [5.74, 6) is -0.718. The number of carbonyl (C=O) groups excluding carboxylic acids is 2. The minimum absolute atomic E-state index is 0.0581. The molecule has 0 atom stereocenters. The molecule has 0 radical (unpaired) electrons. The van der Waals surface area contributed by atoms with Gasteiger partial charge in [0.05, 0.1) is 10.2 Å². The van der Waals surface area contributed by atoms with Gasteiger partial charge in [0.15, 0.2) is 5.13 Å². The largest absolute Gasteiger partial charge is 0.339 e. The van der Waals surface area contributed by atoms with Crippen molar-refractivity contribution in [3.8, 4) is 0 Å². The molecule has 7 heteroatoms. The second kappa shape index (κ2) is 8.07. The Bertz CT molecular complexity index is 1280. The Morgan fingerprint density at radius 2 is 1.74 bits per heavy atom. The minimum Gasteiger partial charge on any atom is -0.339 e. The number of aromatic nitrogens is 1. The number of hydrogen-bond donors (Lipinski definition) is 1. The number of fused-ring (bicyclic) bond motifs is 3. The van der Waals surface area contributed by atoms with Crippen LogP contribution in [0.25, 0.3) is 21.0 Å². The Morgan fingerprint density at radius 3 is 2.52 bits per heavy atom. The van der Waals surface area contributed by atoms with Crippen molar-refractivity contribution >= 4 is 49.3 Å². The van der Waals surface area contributed by atoms with Crippen LogP contribution in [0.3, 0.4) is 0 Å². The number of amides is 2. The SMILES string of the molecule is O=C(Nc1nc2c(ccc3ccccc32)s1)C1CCN(C(=O)c2ccc(F)cc2)CC1. The Morgan fingerprint density at radius 1 is 1.00 bits per heavy atom. The average Bonchev–Trinajstić information content (AvgIpc) is 3.22. The molecule has 31 heavy (non-hydrogen) atoms. The molecule has 0 aliphatic carbocycles. The van der Waals surface area contributed by atoms with Gasteiger partial charge < -0.3 is 10.2 Å². The first-order valence-corrected chi connectivity index (χ1v) is 11.0. The summed E-state index contributed by atoms with van der Waals surface area (Å²) >= 11 is 1.47. The first-order chi connectivity index (χ1) is 15.1. The normalized spacial score (nSPS) is 14.8. The van der Waals surface area contributed by atoms with Crippen LogP contribution in [0, 0.1) is 11.7 Å². The Hall–Kier alpha value is -3.32. The second-order valence-corrected chi connectivity index (χ2v) is 8.75. The van der Waals surface area contributed by atoms with Gasteiger partial charge in [0.1, 0.15) is 5.82 Å². The molecule has 1 N–H and O–H groups in total. The van der Waals surface area contributed by atoms with Crippen molar-refractivity contribution in [1.29, 1.82) is 0 Å². The van der Waals surface area contributed by atoms with Gasteiger partial charge in [-0.25, -0.2) is 9.37 Å². The Labute approximate surface area is 182 Å². The zero-order valence-corrected chi connectivity index (χ0v) is 17.5.